The lowest BCUT2D eigenvalue weighted by atomic mass is 9.19. The number of ether oxygens (including phenoxy) is 1. The maximum Gasteiger partial charge on any atom is 0.227 e. The lowest BCUT2D eigenvalue weighted by Gasteiger charge is -2.83. The topological polar surface area (TPSA) is 64.3 Å². The summed E-state index contributed by atoms with van der Waals surface area (Å²) in [7, 11) is 0. The molecule has 0 saturated heterocycles. The highest BCUT2D eigenvalue weighted by Crippen LogP contribution is 2.95. The number of nitrogens with two attached hydrogens (primary N) is 1. The summed E-state index contributed by atoms with van der Waals surface area (Å²) >= 11 is 0. The number of benzene rings is 1. The lowest BCUT2D eigenvalue weighted by molar-refractivity contribution is -0.320. The Bertz CT molecular complexity index is 865. The standard InChI is InChI=1S/C27H38N2O2/c1-2-31-18-24-12-20-13-25(23(30)29-22-10-8-19(15-28)9-11-22)17-26(16-24,27(24,25)14-20)21-6-4-3-5-7-21/h3-7,19-20,22H,2,8-18,28H2,1H3,(H,29,30)/t19-,20?,22-,24-,25?,26+,27?/m1/s1. The Balaban J connectivity index is 1.31. The van der Waals surface area contributed by atoms with E-state index in [0.29, 0.717) is 23.8 Å². The molecule has 1 spiro atoms. The van der Waals surface area contributed by atoms with Crippen LogP contribution in [0.1, 0.15) is 70.3 Å². The van der Waals surface area contributed by atoms with Gasteiger partial charge in [-0.2, -0.15) is 0 Å². The predicted molar refractivity (Wildman–Crippen MR) is 121 cm³/mol. The number of hydrogen-bond acceptors (Lipinski definition) is 3. The summed E-state index contributed by atoms with van der Waals surface area (Å²) in [6.45, 7) is 4.49. The van der Waals surface area contributed by atoms with Crippen molar-refractivity contribution in [1.82, 2.24) is 5.32 Å². The number of fused-ring (bicyclic) bond motifs is 1. The fraction of sp³-hybridized carbons (Fsp3) is 0.741. The van der Waals surface area contributed by atoms with Crippen LogP contribution in [0.4, 0.5) is 0 Å². The third-order valence-corrected chi connectivity index (χ3v) is 10.6. The van der Waals surface area contributed by atoms with Gasteiger partial charge in [0.05, 0.1) is 12.0 Å². The van der Waals surface area contributed by atoms with E-state index in [2.05, 4.69) is 42.6 Å². The number of carbonyl (C=O) groups is 1. The highest BCUT2D eigenvalue weighted by molar-refractivity contribution is 5.88. The van der Waals surface area contributed by atoms with E-state index in [1.807, 2.05) is 0 Å². The number of rotatable bonds is 7. The van der Waals surface area contributed by atoms with Crippen molar-refractivity contribution < 1.29 is 9.53 Å². The van der Waals surface area contributed by atoms with Gasteiger partial charge in [0.15, 0.2) is 0 Å². The molecule has 0 aromatic heterocycles. The van der Waals surface area contributed by atoms with E-state index in [9.17, 15) is 4.79 Å². The molecule has 4 heteroatoms. The highest BCUT2D eigenvalue weighted by Gasteiger charge is 2.94. The van der Waals surface area contributed by atoms with Crippen molar-refractivity contribution in [2.45, 2.75) is 76.2 Å². The van der Waals surface area contributed by atoms with Crippen molar-refractivity contribution >= 4 is 5.91 Å². The van der Waals surface area contributed by atoms with Gasteiger partial charge >= 0.3 is 0 Å². The fourth-order valence-corrected chi connectivity index (χ4v) is 9.78. The highest BCUT2D eigenvalue weighted by atomic mass is 16.5. The van der Waals surface area contributed by atoms with Crippen LogP contribution in [0.2, 0.25) is 0 Å². The second kappa shape index (κ2) is 6.81. The molecule has 0 heterocycles. The maximum absolute atomic E-state index is 14.0. The molecule has 168 valence electrons. The number of nitrogens with one attached hydrogen (secondary N) is 1. The minimum Gasteiger partial charge on any atom is -0.381 e. The molecular weight excluding hydrogens is 384 g/mol. The quantitative estimate of drug-likeness (QED) is 0.693. The Kier molecular flexibility index (Phi) is 4.44. The van der Waals surface area contributed by atoms with Crippen molar-refractivity contribution in [2.75, 3.05) is 19.8 Å². The molecule has 0 aliphatic heterocycles. The van der Waals surface area contributed by atoms with Gasteiger partial charge in [0.25, 0.3) is 0 Å². The van der Waals surface area contributed by atoms with Gasteiger partial charge in [0.2, 0.25) is 5.91 Å². The average molecular weight is 423 g/mol. The van der Waals surface area contributed by atoms with Gasteiger partial charge < -0.3 is 15.8 Å². The summed E-state index contributed by atoms with van der Waals surface area (Å²) in [5, 5.41) is 3.57. The Labute approximate surface area is 186 Å². The molecule has 6 rings (SSSR count). The van der Waals surface area contributed by atoms with Crippen molar-refractivity contribution in [1.29, 1.82) is 0 Å². The maximum atomic E-state index is 14.0. The first kappa shape index (κ1) is 20.2. The van der Waals surface area contributed by atoms with Crippen LogP contribution in [-0.2, 0) is 14.9 Å². The number of hydrogen-bond donors (Lipinski definition) is 2. The Hall–Kier alpha value is -1.39. The van der Waals surface area contributed by atoms with Crippen molar-refractivity contribution in [3.63, 3.8) is 0 Å². The van der Waals surface area contributed by atoms with E-state index >= 15 is 0 Å². The van der Waals surface area contributed by atoms with Crippen molar-refractivity contribution in [3.05, 3.63) is 35.9 Å². The summed E-state index contributed by atoms with van der Waals surface area (Å²) in [5.41, 5.74) is 7.67. The van der Waals surface area contributed by atoms with Gasteiger partial charge in [0.1, 0.15) is 0 Å². The zero-order chi connectivity index (χ0) is 21.3. The van der Waals surface area contributed by atoms with E-state index in [-0.39, 0.29) is 21.7 Å². The smallest absolute Gasteiger partial charge is 0.227 e. The van der Waals surface area contributed by atoms with Crippen LogP contribution in [-0.4, -0.2) is 31.7 Å². The van der Waals surface area contributed by atoms with E-state index < -0.39 is 0 Å². The second-order valence-corrected chi connectivity index (χ2v) is 11.6. The van der Waals surface area contributed by atoms with Crippen LogP contribution >= 0.6 is 0 Å². The van der Waals surface area contributed by atoms with E-state index in [0.717, 1.165) is 58.3 Å². The molecule has 1 amide bonds. The van der Waals surface area contributed by atoms with Crippen LogP contribution in [0, 0.1) is 28.1 Å². The molecule has 5 aliphatic rings. The fourth-order valence-electron chi connectivity index (χ4n) is 9.78. The monoisotopic (exact) mass is 422 g/mol. The van der Waals surface area contributed by atoms with Crippen LogP contribution in [0.25, 0.3) is 0 Å². The number of carbonyl (C=O) groups excluding carboxylic acids is 1. The summed E-state index contributed by atoms with van der Waals surface area (Å²) in [5.74, 6) is 1.71. The molecule has 1 aromatic rings. The summed E-state index contributed by atoms with van der Waals surface area (Å²) in [6.07, 6.45) is 10.3. The molecule has 0 radical (unpaired) electrons. The normalized spacial score (nSPS) is 46.7. The lowest BCUT2D eigenvalue weighted by Crippen LogP contribution is -2.84. The molecule has 5 fully saturated rings. The van der Waals surface area contributed by atoms with Gasteiger partial charge in [0, 0.05) is 28.9 Å². The molecule has 5 saturated carbocycles. The summed E-state index contributed by atoms with van der Waals surface area (Å²) < 4.78 is 6.09. The zero-order valence-electron chi connectivity index (χ0n) is 19.0. The third-order valence-electron chi connectivity index (χ3n) is 10.6. The zero-order valence-corrected chi connectivity index (χ0v) is 19.0. The predicted octanol–water partition coefficient (Wildman–Crippen LogP) is 4.17. The van der Waals surface area contributed by atoms with E-state index in [1.165, 1.54) is 24.8 Å². The second-order valence-electron chi connectivity index (χ2n) is 11.6. The number of amides is 1. The minimum atomic E-state index is -0.175. The first-order valence-corrected chi connectivity index (χ1v) is 12.7. The van der Waals surface area contributed by atoms with Crippen molar-refractivity contribution in [2.24, 2.45) is 33.8 Å². The first-order valence-electron chi connectivity index (χ1n) is 12.7. The molecule has 4 nitrogen and oxygen atoms in total. The van der Waals surface area contributed by atoms with Crippen LogP contribution < -0.4 is 11.1 Å². The van der Waals surface area contributed by atoms with Gasteiger partial charge in [-0.3, -0.25) is 4.79 Å². The largest absolute Gasteiger partial charge is 0.381 e. The summed E-state index contributed by atoms with van der Waals surface area (Å²) in [4.78, 5) is 14.0. The molecule has 3 unspecified atom stereocenters. The van der Waals surface area contributed by atoms with Crippen LogP contribution in [0.15, 0.2) is 30.3 Å². The van der Waals surface area contributed by atoms with Gasteiger partial charge in [-0.15, -0.1) is 0 Å². The Morgan fingerprint density at radius 2 is 1.87 bits per heavy atom. The Morgan fingerprint density at radius 1 is 1.10 bits per heavy atom. The molecule has 31 heavy (non-hydrogen) atoms. The third kappa shape index (κ3) is 2.31. The Morgan fingerprint density at radius 3 is 2.58 bits per heavy atom. The molecule has 2 bridgehead atoms. The minimum absolute atomic E-state index is 0.104. The molecule has 5 atom stereocenters. The summed E-state index contributed by atoms with van der Waals surface area (Å²) in [6, 6.07) is 11.5. The molecule has 1 aromatic carbocycles. The van der Waals surface area contributed by atoms with Crippen LogP contribution in [0.3, 0.4) is 0 Å². The SMILES string of the molecule is CCOC[C@@]12CC3CC4(C(=O)N[C@H]5CC[C@H](CN)CC5)C[C@](c5ccccc5)(C1)C42C3. The first-order chi connectivity index (χ1) is 15.0. The van der Waals surface area contributed by atoms with Gasteiger partial charge in [-0.1, -0.05) is 30.3 Å². The van der Waals surface area contributed by atoms with E-state index in [1.54, 1.807) is 0 Å². The molecule has 3 N–H and O–H groups in total. The van der Waals surface area contributed by atoms with Crippen molar-refractivity contribution in [3.8, 4) is 0 Å². The molecular formula is C27H38N2O2. The van der Waals surface area contributed by atoms with E-state index in [4.69, 9.17) is 10.5 Å². The van der Waals surface area contributed by atoms with Gasteiger partial charge in [-0.25, -0.2) is 0 Å². The average Bonchev–Trinajstić information content (AvgIpc) is 3.26. The van der Waals surface area contributed by atoms with Gasteiger partial charge in [-0.05, 0) is 88.7 Å². The molecule has 5 aliphatic carbocycles. The van der Waals surface area contributed by atoms with Crippen LogP contribution in [0.5, 0.6) is 0 Å².